The second-order valence-corrected chi connectivity index (χ2v) is 8.42. The molecule has 0 N–H and O–H groups in total. The van der Waals surface area contributed by atoms with Crippen molar-refractivity contribution in [1.29, 1.82) is 0 Å². The number of rotatable bonds is 2. The first-order chi connectivity index (χ1) is 10.4. The van der Waals surface area contributed by atoms with Gasteiger partial charge in [0.1, 0.15) is 6.10 Å². The highest BCUT2D eigenvalue weighted by Crippen LogP contribution is 2.28. The van der Waals surface area contributed by atoms with Gasteiger partial charge in [0.05, 0.1) is 30.1 Å². The van der Waals surface area contributed by atoms with Crippen LogP contribution in [0.3, 0.4) is 0 Å². The molecule has 2 saturated heterocycles. The third kappa shape index (κ3) is 3.33. The lowest BCUT2D eigenvalue weighted by atomic mass is 10.0. The Hall–Kier alpha value is -1.40. The van der Waals surface area contributed by atoms with Crippen LogP contribution >= 0.6 is 0 Å². The summed E-state index contributed by atoms with van der Waals surface area (Å²) < 4.78 is 29.1. The van der Waals surface area contributed by atoms with Crippen molar-refractivity contribution in [3.63, 3.8) is 0 Å². The van der Waals surface area contributed by atoms with Gasteiger partial charge in [-0.3, -0.25) is 4.79 Å². The summed E-state index contributed by atoms with van der Waals surface area (Å²) in [5.41, 5.74) is 1.05. The van der Waals surface area contributed by atoms with Crippen LogP contribution in [0.25, 0.3) is 0 Å². The molecule has 0 aliphatic carbocycles. The summed E-state index contributed by atoms with van der Waals surface area (Å²) in [7, 11) is -3.04. The van der Waals surface area contributed by atoms with Crippen molar-refractivity contribution >= 4 is 15.7 Å². The van der Waals surface area contributed by atoms with Gasteiger partial charge in [0.15, 0.2) is 9.84 Å². The van der Waals surface area contributed by atoms with Crippen molar-refractivity contribution in [3.8, 4) is 0 Å². The predicted molar refractivity (Wildman–Crippen MR) is 83.1 cm³/mol. The van der Waals surface area contributed by atoms with Crippen LogP contribution in [-0.4, -0.2) is 49.9 Å². The van der Waals surface area contributed by atoms with Crippen LogP contribution in [0.15, 0.2) is 30.3 Å². The van der Waals surface area contributed by atoms with Crippen LogP contribution in [0.1, 0.15) is 25.0 Å². The zero-order valence-electron chi connectivity index (χ0n) is 12.6. The van der Waals surface area contributed by atoms with Gasteiger partial charge < -0.3 is 9.64 Å². The van der Waals surface area contributed by atoms with Crippen LogP contribution in [-0.2, 0) is 19.4 Å². The first kappa shape index (κ1) is 15.5. The number of morpholine rings is 1. The molecule has 0 aromatic heterocycles. The molecule has 2 aliphatic rings. The number of hydrogen-bond donors (Lipinski definition) is 0. The number of benzene rings is 1. The molecule has 1 aromatic carbocycles. The maximum atomic E-state index is 12.6. The van der Waals surface area contributed by atoms with E-state index in [1.165, 1.54) is 0 Å². The number of nitrogens with zero attached hydrogens (tertiary/aromatic N) is 1. The third-order valence-electron chi connectivity index (χ3n) is 4.32. The molecule has 1 aromatic rings. The average molecular weight is 323 g/mol. The standard InChI is InChI=1S/C16H21NO4S/c1-12-9-17(16(18)14-7-8-22(19,20)11-14)10-15(21-12)13-5-3-2-4-6-13/h2-6,12,14-15H,7-11H2,1H3/t12-,14+,15-/m1/s1. The number of ether oxygens (including phenoxy) is 1. The van der Waals surface area contributed by atoms with Gasteiger partial charge in [-0.05, 0) is 18.9 Å². The maximum absolute atomic E-state index is 12.6. The number of carbonyl (C=O) groups excluding carboxylic acids is 1. The quantitative estimate of drug-likeness (QED) is 0.825. The molecule has 5 nitrogen and oxygen atoms in total. The van der Waals surface area contributed by atoms with Crippen molar-refractivity contribution in [3.05, 3.63) is 35.9 Å². The van der Waals surface area contributed by atoms with E-state index in [9.17, 15) is 13.2 Å². The molecule has 0 unspecified atom stereocenters. The molecular formula is C16H21NO4S. The second-order valence-electron chi connectivity index (χ2n) is 6.19. The Morgan fingerprint density at radius 1 is 1.23 bits per heavy atom. The Bertz CT molecular complexity index is 643. The minimum Gasteiger partial charge on any atom is -0.367 e. The summed E-state index contributed by atoms with van der Waals surface area (Å²) in [5, 5.41) is 0. The molecule has 2 fully saturated rings. The second kappa shape index (κ2) is 6.01. The van der Waals surface area contributed by atoms with Gasteiger partial charge in [-0.1, -0.05) is 30.3 Å². The number of hydrogen-bond acceptors (Lipinski definition) is 4. The normalized spacial score (nSPS) is 31.1. The van der Waals surface area contributed by atoms with Crippen molar-refractivity contribution in [1.82, 2.24) is 4.90 Å². The summed E-state index contributed by atoms with van der Waals surface area (Å²) in [6.45, 7) is 2.96. The smallest absolute Gasteiger partial charge is 0.226 e. The van der Waals surface area contributed by atoms with Gasteiger partial charge in [0.2, 0.25) is 5.91 Å². The van der Waals surface area contributed by atoms with Crippen LogP contribution in [0.5, 0.6) is 0 Å². The summed E-state index contributed by atoms with van der Waals surface area (Å²) in [5.74, 6) is -0.303. The minimum atomic E-state index is -3.04. The fourth-order valence-electron chi connectivity index (χ4n) is 3.23. The minimum absolute atomic E-state index is 0.00637. The lowest BCUT2D eigenvalue weighted by molar-refractivity contribution is -0.148. The number of sulfone groups is 1. The Balaban J connectivity index is 1.72. The molecule has 3 atom stereocenters. The van der Waals surface area contributed by atoms with Gasteiger partial charge >= 0.3 is 0 Å². The summed E-state index contributed by atoms with van der Waals surface area (Å²) in [6, 6.07) is 9.83. The molecule has 3 rings (SSSR count). The predicted octanol–water partition coefficient (Wildman–Crippen LogP) is 1.41. The highest BCUT2D eigenvalue weighted by atomic mass is 32.2. The van der Waals surface area contributed by atoms with Gasteiger partial charge in [-0.25, -0.2) is 8.42 Å². The molecule has 1 amide bonds. The fourth-order valence-corrected chi connectivity index (χ4v) is 4.96. The van der Waals surface area contributed by atoms with E-state index in [1.807, 2.05) is 37.3 Å². The maximum Gasteiger partial charge on any atom is 0.226 e. The molecule has 0 spiro atoms. The van der Waals surface area contributed by atoms with Crippen molar-refractivity contribution in [2.45, 2.75) is 25.6 Å². The topological polar surface area (TPSA) is 63.7 Å². The van der Waals surface area contributed by atoms with Crippen molar-refractivity contribution in [2.24, 2.45) is 5.92 Å². The average Bonchev–Trinajstić information content (AvgIpc) is 2.87. The van der Waals surface area contributed by atoms with E-state index in [0.717, 1.165) is 5.56 Å². The van der Waals surface area contributed by atoms with E-state index in [-0.39, 0.29) is 35.5 Å². The Morgan fingerprint density at radius 2 is 1.95 bits per heavy atom. The largest absolute Gasteiger partial charge is 0.367 e. The van der Waals surface area contributed by atoms with Crippen LogP contribution in [0.2, 0.25) is 0 Å². The SMILES string of the molecule is C[C@@H]1CN(C(=O)[C@H]2CCS(=O)(=O)C2)C[C@H](c2ccccc2)O1. The van der Waals surface area contributed by atoms with E-state index >= 15 is 0 Å². The van der Waals surface area contributed by atoms with E-state index in [4.69, 9.17) is 4.74 Å². The van der Waals surface area contributed by atoms with Crippen molar-refractivity contribution < 1.29 is 17.9 Å². The number of carbonyl (C=O) groups is 1. The summed E-state index contributed by atoms with van der Waals surface area (Å²) >= 11 is 0. The van der Waals surface area contributed by atoms with E-state index < -0.39 is 9.84 Å². The number of amides is 1. The Labute approximate surface area is 131 Å². The molecule has 0 saturated carbocycles. The molecule has 0 bridgehead atoms. The van der Waals surface area contributed by atoms with E-state index in [2.05, 4.69) is 0 Å². The monoisotopic (exact) mass is 323 g/mol. The molecule has 6 heteroatoms. The van der Waals surface area contributed by atoms with Gasteiger partial charge in [0.25, 0.3) is 0 Å². The molecule has 2 aliphatic heterocycles. The zero-order valence-corrected chi connectivity index (χ0v) is 13.5. The Morgan fingerprint density at radius 3 is 2.59 bits per heavy atom. The zero-order chi connectivity index (χ0) is 15.7. The highest BCUT2D eigenvalue weighted by molar-refractivity contribution is 7.91. The molecular weight excluding hydrogens is 302 g/mol. The van der Waals surface area contributed by atoms with Gasteiger partial charge in [-0.2, -0.15) is 0 Å². The molecule has 0 radical (unpaired) electrons. The van der Waals surface area contributed by atoms with E-state index in [1.54, 1.807) is 4.90 Å². The lowest BCUT2D eigenvalue weighted by Gasteiger charge is -2.38. The summed E-state index contributed by atoms with van der Waals surface area (Å²) in [6.07, 6.45) is 0.246. The van der Waals surface area contributed by atoms with Crippen LogP contribution < -0.4 is 0 Å². The van der Waals surface area contributed by atoms with Gasteiger partial charge in [0, 0.05) is 6.54 Å². The summed E-state index contributed by atoms with van der Waals surface area (Å²) in [4.78, 5) is 14.4. The van der Waals surface area contributed by atoms with E-state index in [0.29, 0.717) is 19.5 Å². The highest BCUT2D eigenvalue weighted by Gasteiger charge is 2.38. The first-order valence-corrected chi connectivity index (χ1v) is 9.46. The Kier molecular flexibility index (Phi) is 4.23. The van der Waals surface area contributed by atoms with Gasteiger partial charge in [-0.15, -0.1) is 0 Å². The third-order valence-corrected chi connectivity index (χ3v) is 6.09. The first-order valence-electron chi connectivity index (χ1n) is 7.64. The van der Waals surface area contributed by atoms with Crippen molar-refractivity contribution in [2.75, 3.05) is 24.6 Å². The van der Waals surface area contributed by atoms with Crippen LogP contribution in [0.4, 0.5) is 0 Å². The molecule has 22 heavy (non-hydrogen) atoms. The van der Waals surface area contributed by atoms with Crippen LogP contribution in [0, 0.1) is 5.92 Å². The molecule has 2 heterocycles. The lowest BCUT2D eigenvalue weighted by Crippen LogP contribution is -2.48. The fraction of sp³-hybridized carbons (Fsp3) is 0.562. The molecule has 120 valence electrons.